The van der Waals surface area contributed by atoms with Crippen LogP contribution in [0.1, 0.15) is 138 Å². The molecule has 24 nitrogen and oxygen atoms in total. The van der Waals surface area contributed by atoms with Crippen molar-refractivity contribution in [3.05, 3.63) is 148 Å². The van der Waals surface area contributed by atoms with Gasteiger partial charge in [0.2, 0.25) is 28.9 Å². The summed E-state index contributed by atoms with van der Waals surface area (Å²) in [7, 11) is -16.6. The third kappa shape index (κ3) is 9.11. The van der Waals surface area contributed by atoms with E-state index in [0.717, 1.165) is 41.5 Å². The molecule has 5 heterocycles. The third-order valence-electron chi connectivity index (χ3n) is 33.8. The molecule has 16 aliphatic carbocycles. The Labute approximate surface area is 683 Å². The number of carbonyl (C=O) groups is 2. The number of fused-ring (bicyclic) bond motifs is 1. The molecule has 24 rings (SSSR count). The van der Waals surface area contributed by atoms with Crippen LogP contribution in [0.25, 0.3) is 0 Å². The number of hydrogen-bond acceptors (Lipinski definition) is 24. The minimum absolute atomic E-state index is 0.0242. The fourth-order valence-corrected chi connectivity index (χ4v) is 31.6. The SMILES string of the molecule is C[C@H]1CCC2(O)C13CC(=O)C1(C)C(O)(OCC21C)C3O.Cc1ccc(S(=O)(=O)OC2=CC34C(=CC[C@@H]3C)C3(C)COC(O)(C4O[Si](C)(C)C)C23C)cc1.Cc1ccc(S(=O)(=O)OC2=CC34C(=O)C5(O)OCC(C)(C3=CC[C@@H]4C)C25C)cc1.Cc1ccc(S(=O)(=O)OC2=CC34C(O[Si](C)(C)C)C5(O)OCC(C)(C25C)C32OC2C[C@@H]4C)cc1. The molecule has 29 heteroatoms. The first-order valence-corrected chi connectivity index (χ1v) is 51.9. The summed E-state index contributed by atoms with van der Waals surface area (Å²) in [6.45, 7) is 42.0. The number of allylic oxidation sites excluding steroid dienone is 3. The molecule has 0 radical (unpaired) electrons. The predicted molar refractivity (Wildman–Crippen MR) is 426 cm³/mol. The van der Waals surface area contributed by atoms with Crippen LogP contribution in [0.4, 0.5) is 0 Å². The topological polar surface area (TPSA) is 354 Å². The maximum absolute atomic E-state index is 13.5. The molecule has 116 heavy (non-hydrogen) atoms. The Morgan fingerprint density at radius 1 is 0.483 bits per heavy atom. The van der Waals surface area contributed by atoms with E-state index in [9.17, 15) is 65.5 Å². The van der Waals surface area contributed by atoms with Crippen molar-refractivity contribution in [3.8, 4) is 0 Å². The van der Waals surface area contributed by atoms with E-state index in [1.165, 1.54) is 17.7 Å². The van der Waals surface area contributed by atoms with Crippen molar-refractivity contribution in [3.63, 3.8) is 0 Å². The van der Waals surface area contributed by atoms with Crippen LogP contribution in [0.3, 0.4) is 0 Å². The summed E-state index contributed by atoms with van der Waals surface area (Å²) in [4.78, 5) is 26.4. The molecule has 632 valence electrons. The normalized spacial score (nSPS) is 48.3. The van der Waals surface area contributed by atoms with E-state index >= 15 is 0 Å². The van der Waals surface area contributed by atoms with Crippen LogP contribution in [0, 0.1) is 109 Å². The Bertz CT molecular complexity index is 5330. The number of aryl methyl sites for hydroxylation is 3. The van der Waals surface area contributed by atoms with Gasteiger partial charge in [-0.2, -0.15) is 25.3 Å². The number of hydrogen-bond donors (Lipinski definition) is 6. The number of carbonyl (C=O) groups excluding carboxylic acids is 2. The van der Waals surface area contributed by atoms with Crippen LogP contribution in [-0.4, -0.2) is 169 Å². The number of ketones is 2. The Morgan fingerprint density at radius 2 is 0.922 bits per heavy atom. The quantitative estimate of drug-likeness (QED) is 0.0401. The van der Waals surface area contributed by atoms with Gasteiger partial charge in [-0.05, 0) is 204 Å². The number of aliphatic hydroxyl groups excluding tert-OH is 1. The monoisotopic (exact) mass is 1690 g/mol. The van der Waals surface area contributed by atoms with E-state index in [4.69, 9.17) is 45.1 Å². The van der Waals surface area contributed by atoms with Crippen LogP contribution in [-0.2, 0) is 85.0 Å². The lowest BCUT2D eigenvalue weighted by Gasteiger charge is -2.69. The molecular formula is C87H114O24S3Si2. The molecule has 5 spiro atoms. The van der Waals surface area contributed by atoms with Gasteiger partial charge in [-0.3, -0.25) is 9.59 Å². The molecule has 6 N–H and O–H groups in total. The summed E-state index contributed by atoms with van der Waals surface area (Å²) in [5, 5.41) is 69.2. The second-order valence-corrected chi connectivity index (χ2v) is 54.5. The lowest BCUT2D eigenvalue weighted by atomic mass is 9.35. The number of ether oxygens (including phenoxy) is 5. The molecule has 0 amide bonds. The highest BCUT2D eigenvalue weighted by atomic mass is 32.2. The van der Waals surface area contributed by atoms with E-state index in [1.54, 1.807) is 80.6 Å². The van der Waals surface area contributed by atoms with Gasteiger partial charge in [-0.1, -0.05) is 126 Å². The largest absolute Gasteiger partial charge is 0.408 e. The zero-order chi connectivity index (χ0) is 84.8. The van der Waals surface area contributed by atoms with Gasteiger partial charge >= 0.3 is 30.4 Å². The van der Waals surface area contributed by atoms with Crippen LogP contribution >= 0.6 is 0 Å². The maximum atomic E-state index is 13.5. The molecule has 3 aromatic rings. The van der Waals surface area contributed by atoms with E-state index in [0.29, 0.717) is 12.8 Å². The zero-order valence-corrected chi connectivity index (χ0v) is 74.7. The van der Waals surface area contributed by atoms with Gasteiger partial charge < -0.3 is 75.7 Å². The van der Waals surface area contributed by atoms with Gasteiger partial charge in [0.1, 0.15) is 61.7 Å². The minimum atomic E-state index is -4.14. The summed E-state index contributed by atoms with van der Waals surface area (Å²) >= 11 is 0. The number of epoxide rings is 1. The summed E-state index contributed by atoms with van der Waals surface area (Å²) in [6, 6.07) is 19.6. The standard InChI is InChI=1S/C25H34O7SSi.C25H34O6SSi.C22H24O6S.C15H22O5/c1-15-8-10-17(11-9-15)33(27,28)31-19-13-23-16(2)12-18-24(23,30-18)21(3)14-29-25(26,22(19,21)4)20(23)32-34(5,6)7;1-16-8-11-18(12-9-16)32(27,28)30-20-14-24-17(2)10-13-19(24)22(3)15-29-25(26,23(20,22)4)21(24)31-33(5,6)7;1-13-5-8-15(9-6-13)29(25,26)28-17-11-21-14(2)7-10-16(21)19(3)12-27-22(24,18(21)23)20(17,19)4;1-8-4-5-14(18)11(2)7-20-15(19)10(17)13(8,14)6-9(16)12(11,15)3/h8-11,13,16,18,20,26H,12,14H2,1-7H3;8-9,11-14,17,21,26H,10,15H2,1-7H3;5-6,8-11,14,24H,7,12H2,1-4H3;8,10,17-19H,4-7H2,1-3H3/t16-,18?,20?,21?,22?,23?,24?,25?;17-,21?,22?,23?,24?,25?;14-,19?,20?,21?,22?;8-,10?,11?,12?,13?,14?,15?/m0000/s1. The lowest BCUT2D eigenvalue weighted by molar-refractivity contribution is -0.368. The van der Waals surface area contributed by atoms with Gasteiger partial charge in [0, 0.05) is 38.9 Å². The van der Waals surface area contributed by atoms with Crippen molar-refractivity contribution in [1.82, 2.24) is 0 Å². The summed E-state index contributed by atoms with van der Waals surface area (Å²) < 4.78 is 141. The summed E-state index contributed by atoms with van der Waals surface area (Å²) in [5.41, 5.74) is -8.12. The Morgan fingerprint density at radius 3 is 1.45 bits per heavy atom. The highest BCUT2D eigenvalue weighted by Gasteiger charge is 2.99. The molecule has 22 unspecified atom stereocenters. The molecule has 3 aromatic carbocycles. The Hall–Kier alpha value is -5.14. The van der Waals surface area contributed by atoms with Gasteiger partial charge in [0.05, 0.1) is 70.6 Å². The Kier molecular flexibility index (Phi) is 17.2. The molecule has 8 saturated carbocycles. The van der Waals surface area contributed by atoms with Crippen molar-refractivity contribution < 1.29 is 111 Å². The smallest absolute Gasteiger partial charge is 0.338 e. The van der Waals surface area contributed by atoms with Crippen molar-refractivity contribution in [2.24, 2.45) is 88.7 Å². The predicted octanol–water partition coefficient (Wildman–Crippen LogP) is 11.3. The molecule has 5 aliphatic heterocycles. The first-order chi connectivity index (χ1) is 53.3. The van der Waals surface area contributed by atoms with Crippen LogP contribution in [0.5, 0.6) is 0 Å². The number of Topliss-reactive ketones (excluding diaryl/α,β-unsaturated/α-hetero) is 2. The van der Waals surface area contributed by atoms with E-state index in [1.807, 2.05) is 74.5 Å². The van der Waals surface area contributed by atoms with E-state index < -0.39 is 170 Å². The second-order valence-electron chi connectivity index (χ2n) is 40.9. The zero-order valence-electron chi connectivity index (χ0n) is 70.3. The first-order valence-electron chi connectivity index (χ1n) is 40.9. The molecule has 21 aliphatic rings. The average Bonchev–Trinajstić information content (AvgIpc) is 1.41. The fraction of sp³-hybridized carbons (Fsp3) is 0.655. The number of aliphatic hydroxyl groups is 6. The minimum Gasteiger partial charge on any atom is -0.408 e. The first kappa shape index (κ1) is 83.1. The molecule has 0 aromatic heterocycles. The highest BCUT2D eigenvalue weighted by molar-refractivity contribution is 7.87. The second kappa shape index (κ2) is 24.0. The van der Waals surface area contributed by atoms with E-state index in [-0.39, 0.29) is 100 Å². The van der Waals surface area contributed by atoms with Gasteiger partial charge in [-0.25, -0.2) is 0 Å². The molecule has 26 atom stereocenters. The number of benzene rings is 3. The van der Waals surface area contributed by atoms with Gasteiger partial charge in [-0.15, -0.1) is 0 Å². The van der Waals surface area contributed by atoms with E-state index in [2.05, 4.69) is 79.1 Å². The molecular weight excluding hydrogens is 1580 g/mol. The lowest BCUT2D eigenvalue weighted by Crippen LogP contribution is -2.83. The maximum Gasteiger partial charge on any atom is 0.338 e. The Balaban J connectivity index is 0.000000113. The average molecular weight is 1700 g/mol. The molecule has 13 fully saturated rings. The van der Waals surface area contributed by atoms with Crippen molar-refractivity contribution in [2.45, 2.75) is 255 Å². The van der Waals surface area contributed by atoms with Crippen LogP contribution in [0.2, 0.25) is 39.3 Å². The third-order valence-corrected chi connectivity index (χ3v) is 39.5. The highest BCUT2D eigenvalue weighted by Crippen LogP contribution is 2.88. The molecule has 16 bridgehead atoms. The van der Waals surface area contributed by atoms with Gasteiger partial charge in [0.25, 0.3) is 0 Å². The summed E-state index contributed by atoms with van der Waals surface area (Å²) in [5.74, 6) is -7.32. The van der Waals surface area contributed by atoms with Crippen molar-refractivity contribution in [2.75, 3.05) is 26.4 Å². The van der Waals surface area contributed by atoms with Crippen molar-refractivity contribution >= 4 is 58.6 Å². The van der Waals surface area contributed by atoms with Crippen LogP contribution < -0.4 is 0 Å². The molecule has 5 saturated heterocycles. The number of rotatable bonds is 13. The summed E-state index contributed by atoms with van der Waals surface area (Å²) in [6.07, 6.45) is 11.1. The fourth-order valence-electron chi connectivity index (χ4n) is 26.4. The van der Waals surface area contributed by atoms with Crippen LogP contribution in [0.15, 0.2) is 146 Å². The van der Waals surface area contributed by atoms with Crippen molar-refractivity contribution in [1.29, 1.82) is 0 Å². The van der Waals surface area contributed by atoms with Gasteiger partial charge in [0.15, 0.2) is 16.6 Å².